The number of benzene rings is 1. The fourth-order valence-electron chi connectivity index (χ4n) is 4.43. The Hall–Kier alpha value is -2.08. The van der Waals surface area contributed by atoms with Gasteiger partial charge in [0, 0.05) is 19.9 Å². The average molecular weight is 462 g/mol. The Morgan fingerprint density at radius 3 is 2.45 bits per heavy atom. The molecule has 1 aromatic carbocycles. The number of Topliss-reactive ketones (excluding diaryl/α,β-unsaturated/α-hetero) is 1. The molecule has 1 aliphatic rings. The maximum absolute atomic E-state index is 13.4. The van der Waals surface area contributed by atoms with Gasteiger partial charge in [-0.05, 0) is 48.9 Å². The van der Waals surface area contributed by atoms with E-state index in [4.69, 9.17) is 14.6 Å². The lowest BCUT2D eigenvalue weighted by atomic mass is 9.87. The van der Waals surface area contributed by atoms with Crippen molar-refractivity contribution in [3.8, 4) is 11.5 Å². The summed E-state index contributed by atoms with van der Waals surface area (Å²) in [5.74, 6) is 2.01. The summed E-state index contributed by atoms with van der Waals surface area (Å²) >= 11 is 0. The number of rotatable bonds is 9. The number of unbranched alkanes of at least 4 members (excludes halogenated alkanes) is 2. The van der Waals surface area contributed by atoms with Gasteiger partial charge in [0.05, 0.1) is 6.61 Å². The fourth-order valence-corrected chi connectivity index (χ4v) is 4.43. The molecule has 1 unspecified atom stereocenters. The Labute approximate surface area is 199 Å². The van der Waals surface area contributed by atoms with E-state index in [0.717, 1.165) is 51.4 Å². The van der Waals surface area contributed by atoms with Gasteiger partial charge in [0.25, 0.3) is 0 Å². The highest BCUT2D eigenvalue weighted by Gasteiger charge is 2.30. The summed E-state index contributed by atoms with van der Waals surface area (Å²) in [6.45, 7) is 4.65. The molecular weight excluding hydrogens is 418 g/mol. The second-order valence-electron chi connectivity index (χ2n) is 9.48. The van der Waals surface area contributed by atoms with Crippen LogP contribution < -0.4 is 9.47 Å². The van der Waals surface area contributed by atoms with Crippen molar-refractivity contribution in [3.05, 3.63) is 24.3 Å². The van der Waals surface area contributed by atoms with Crippen molar-refractivity contribution in [2.45, 2.75) is 90.7 Å². The van der Waals surface area contributed by atoms with Gasteiger partial charge < -0.3 is 19.5 Å². The van der Waals surface area contributed by atoms with E-state index < -0.39 is 6.23 Å². The first-order valence-electron chi connectivity index (χ1n) is 12.7. The topological polar surface area (TPSA) is 76.1 Å². The Morgan fingerprint density at radius 2 is 1.76 bits per heavy atom. The lowest BCUT2D eigenvalue weighted by Crippen LogP contribution is -2.46. The van der Waals surface area contributed by atoms with E-state index in [9.17, 15) is 9.59 Å². The number of ether oxygens (including phenoxy) is 2. The van der Waals surface area contributed by atoms with E-state index >= 15 is 0 Å². The SMILES string of the molecule is CCCCC[C@@H]1CC[C@H](C)CCCCC(=O)N(C)C(Oc2ccc(OCCO)cc2)C(=O)C1. The normalized spacial score (nSPS) is 23.4. The van der Waals surface area contributed by atoms with Crippen LogP contribution in [-0.4, -0.2) is 48.2 Å². The molecule has 0 spiro atoms. The predicted octanol–water partition coefficient (Wildman–Crippen LogP) is 5.37. The number of carbonyl (C=O) groups is 2. The van der Waals surface area contributed by atoms with Crippen LogP contribution in [0.25, 0.3) is 0 Å². The quantitative estimate of drug-likeness (QED) is 0.501. The van der Waals surface area contributed by atoms with Crippen molar-refractivity contribution in [2.24, 2.45) is 11.8 Å². The van der Waals surface area contributed by atoms with Crippen molar-refractivity contribution < 1.29 is 24.2 Å². The summed E-state index contributed by atoms with van der Waals surface area (Å²) in [5, 5.41) is 8.91. The van der Waals surface area contributed by atoms with Crippen LogP contribution in [0.4, 0.5) is 0 Å². The maximum Gasteiger partial charge on any atom is 0.233 e. The summed E-state index contributed by atoms with van der Waals surface area (Å²) in [4.78, 5) is 27.8. The number of aliphatic hydroxyl groups excluding tert-OH is 1. The first-order valence-corrected chi connectivity index (χ1v) is 12.7. The summed E-state index contributed by atoms with van der Waals surface area (Å²) in [6.07, 6.45) is 9.69. The first-order chi connectivity index (χ1) is 15.9. The molecule has 6 heteroatoms. The van der Waals surface area contributed by atoms with E-state index in [-0.39, 0.29) is 24.9 Å². The van der Waals surface area contributed by atoms with Gasteiger partial charge in [-0.1, -0.05) is 58.8 Å². The van der Waals surface area contributed by atoms with Gasteiger partial charge in [0.1, 0.15) is 18.1 Å². The van der Waals surface area contributed by atoms with Gasteiger partial charge in [-0.3, -0.25) is 9.59 Å². The van der Waals surface area contributed by atoms with Crippen molar-refractivity contribution in [1.29, 1.82) is 0 Å². The minimum atomic E-state index is -0.923. The summed E-state index contributed by atoms with van der Waals surface area (Å²) in [5.41, 5.74) is 0. The Bertz CT molecular complexity index is 705. The Balaban J connectivity index is 2.17. The molecule has 0 aliphatic carbocycles. The summed E-state index contributed by atoms with van der Waals surface area (Å²) < 4.78 is 11.5. The molecule has 2 rings (SSSR count). The van der Waals surface area contributed by atoms with Crippen LogP contribution >= 0.6 is 0 Å². The minimum absolute atomic E-state index is 0.0279. The van der Waals surface area contributed by atoms with Gasteiger partial charge in [0.15, 0.2) is 5.78 Å². The smallest absolute Gasteiger partial charge is 0.233 e. The maximum atomic E-state index is 13.4. The first kappa shape index (κ1) is 27.2. The van der Waals surface area contributed by atoms with Crippen LogP contribution in [0.1, 0.15) is 84.5 Å². The predicted molar refractivity (Wildman–Crippen MR) is 130 cm³/mol. The molecular formula is C27H43NO5. The molecule has 0 saturated carbocycles. The standard InChI is InChI=1S/C27H43NO5/c1-4-5-6-10-22-13-12-21(2)9-7-8-11-26(31)28(3)27(25(30)20-22)33-24-16-14-23(15-17-24)32-19-18-29/h14-17,21-22,27,29H,4-13,18-20H2,1-3H3/t21-,22-,27?/m1/s1. The third kappa shape index (κ3) is 9.75. The molecule has 1 N–H and O–H groups in total. The third-order valence-electron chi connectivity index (χ3n) is 6.56. The van der Waals surface area contributed by atoms with Gasteiger partial charge >= 0.3 is 0 Å². The van der Waals surface area contributed by atoms with Crippen LogP contribution in [0.2, 0.25) is 0 Å². The molecule has 1 aromatic rings. The van der Waals surface area contributed by atoms with Gasteiger partial charge in [-0.2, -0.15) is 0 Å². The fraction of sp³-hybridized carbons (Fsp3) is 0.704. The molecule has 6 nitrogen and oxygen atoms in total. The van der Waals surface area contributed by atoms with E-state index in [0.29, 0.717) is 36.2 Å². The zero-order chi connectivity index (χ0) is 24.1. The van der Waals surface area contributed by atoms with Gasteiger partial charge in [-0.15, -0.1) is 0 Å². The van der Waals surface area contributed by atoms with E-state index in [1.54, 1.807) is 31.3 Å². The highest BCUT2D eigenvalue weighted by molar-refractivity contribution is 5.88. The molecule has 33 heavy (non-hydrogen) atoms. The van der Waals surface area contributed by atoms with E-state index in [1.807, 2.05) is 0 Å². The minimum Gasteiger partial charge on any atom is -0.491 e. The number of aliphatic hydroxyl groups is 1. The number of nitrogens with zero attached hydrogens (tertiary/aromatic N) is 1. The van der Waals surface area contributed by atoms with Crippen LogP contribution in [0.3, 0.4) is 0 Å². The zero-order valence-electron chi connectivity index (χ0n) is 20.8. The zero-order valence-corrected chi connectivity index (χ0v) is 20.8. The number of likely N-dealkylation sites (N-methyl/N-ethyl adjacent to an activating group) is 1. The van der Waals surface area contributed by atoms with Crippen molar-refractivity contribution in [1.82, 2.24) is 4.90 Å². The molecule has 1 heterocycles. The molecule has 0 radical (unpaired) electrons. The number of hydrogen-bond acceptors (Lipinski definition) is 5. The number of ketones is 1. The molecule has 1 amide bonds. The lowest BCUT2D eigenvalue weighted by molar-refractivity contribution is -0.148. The number of carbonyl (C=O) groups excluding carboxylic acids is 2. The van der Waals surface area contributed by atoms with Gasteiger partial charge in [0.2, 0.25) is 12.1 Å². The molecule has 0 bridgehead atoms. The van der Waals surface area contributed by atoms with E-state index in [2.05, 4.69) is 13.8 Å². The largest absolute Gasteiger partial charge is 0.491 e. The van der Waals surface area contributed by atoms with Crippen LogP contribution in [0, 0.1) is 11.8 Å². The van der Waals surface area contributed by atoms with Crippen molar-refractivity contribution >= 4 is 11.7 Å². The van der Waals surface area contributed by atoms with Crippen LogP contribution in [0.5, 0.6) is 11.5 Å². The molecule has 1 saturated heterocycles. The lowest BCUT2D eigenvalue weighted by Gasteiger charge is -2.29. The highest BCUT2D eigenvalue weighted by Crippen LogP contribution is 2.27. The van der Waals surface area contributed by atoms with Gasteiger partial charge in [-0.25, -0.2) is 0 Å². The average Bonchev–Trinajstić information content (AvgIpc) is 2.82. The van der Waals surface area contributed by atoms with Crippen molar-refractivity contribution in [2.75, 3.05) is 20.3 Å². The van der Waals surface area contributed by atoms with Crippen LogP contribution in [0.15, 0.2) is 24.3 Å². The molecule has 1 aliphatic heterocycles. The molecule has 0 aromatic heterocycles. The second-order valence-corrected chi connectivity index (χ2v) is 9.48. The summed E-state index contributed by atoms with van der Waals surface area (Å²) in [7, 11) is 1.68. The third-order valence-corrected chi connectivity index (χ3v) is 6.56. The second kappa shape index (κ2) is 14.9. The van der Waals surface area contributed by atoms with E-state index in [1.165, 1.54) is 11.3 Å². The molecule has 3 atom stereocenters. The summed E-state index contributed by atoms with van der Waals surface area (Å²) in [6, 6.07) is 6.96. The number of hydrogen-bond donors (Lipinski definition) is 1. The Kier molecular flexibility index (Phi) is 12.3. The van der Waals surface area contributed by atoms with Crippen LogP contribution in [-0.2, 0) is 9.59 Å². The monoisotopic (exact) mass is 461 g/mol. The highest BCUT2D eigenvalue weighted by atomic mass is 16.5. The van der Waals surface area contributed by atoms with Crippen molar-refractivity contribution in [3.63, 3.8) is 0 Å². The molecule has 1 fully saturated rings. The molecule has 186 valence electrons. The number of amides is 1. The Morgan fingerprint density at radius 1 is 1.03 bits per heavy atom.